The molecule has 24 heavy (non-hydrogen) atoms. The van der Waals surface area contributed by atoms with E-state index in [1.165, 1.54) is 23.3 Å². The van der Waals surface area contributed by atoms with E-state index in [0.29, 0.717) is 17.0 Å². The third-order valence-electron chi connectivity index (χ3n) is 4.72. The van der Waals surface area contributed by atoms with Gasteiger partial charge < -0.3 is 5.11 Å². The van der Waals surface area contributed by atoms with Crippen LogP contribution in [0.25, 0.3) is 0 Å². The SMILES string of the molecule is CC(C)=C(CCc1ccc2c(c1)C(=O)C=CC2=O)[C@H](C)CCCO. The molecule has 0 bridgehead atoms. The van der Waals surface area contributed by atoms with Crippen molar-refractivity contribution >= 4 is 11.6 Å². The van der Waals surface area contributed by atoms with Crippen LogP contribution >= 0.6 is 0 Å². The average Bonchev–Trinajstić information content (AvgIpc) is 2.56. The molecule has 1 aromatic carbocycles. The van der Waals surface area contributed by atoms with Crippen LogP contribution in [0.4, 0.5) is 0 Å². The van der Waals surface area contributed by atoms with E-state index in [1.54, 1.807) is 6.07 Å². The summed E-state index contributed by atoms with van der Waals surface area (Å²) in [5.41, 5.74) is 4.85. The van der Waals surface area contributed by atoms with Gasteiger partial charge in [-0.2, -0.15) is 0 Å². The molecule has 0 saturated heterocycles. The second-order valence-corrected chi connectivity index (χ2v) is 6.73. The summed E-state index contributed by atoms with van der Waals surface area (Å²) in [6.07, 6.45) is 6.29. The molecular formula is C21H26O3. The highest BCUT2D eigenvalue weighted by Crippen LogP contribution is 2.26. The number of carbonyl (C=O) groups excluding carboxylic acids is 2. The number of aliphatic hydroxyl groups is 1. The molecule has 0 aromatic heterocycles. The summed E-state index contributed by atoms with van der Waals surface area (Å²) in [4.78, 5) is 23.8. The van der Waals surface area contributed by atoms with Crippen molar-refractivity contribution < 1.29 is 14.7 Å². The van der Waals surface area contributed by atoms with E-state index in [9.17, 15) is 9.59 Å². The Hall–Kier alpha value is -2.00. The van der Waals surface area contributed by atoms with Crippen LogP contribution in [0, 0.1) is 5.92 Å². The highest BCUT2D eigenvalue weighted by atomic mass is 16.2. The highest BCUT2D eigenvalue weighted by Gasteiger charge is 2.19. The van der Waals surface area contributed by atoms with Crippen LogP contribution < -0.4 is 0 Å². The van der Waals surface area contributed by atoms with E-state index in [4.69, 9.17) is 5.11 Å². The molecule has 0 spiro atoms. The van der Waals surface area contributed by atoms with E-state index in [1.807, 2.05) is 12.1 Å². The molecule has 1 aliphatic rings. The first-order valence-corrected chi connectivity index (χ1v) is 8.60. The summed E-state index contributed by atoms with van der Waals surface area (Å²) in [5.74, 6) is 0.259. The number of aliphatic hydroxyl groups excluding tert-OH is 1. The zero-order chi connectivity index (χ0) is 17.7. The lowest BCUT2D eigenvalue weighted by molar-refractivity contribution is 0.0994. The van der Waals surface area contributed by atoms with Crippen molar-refractivity contribution in [3.05, 3.63) is 58.2 Å². The molecule has 3 nitrogen and oxygen atoms in total. The topological polar surface area (TPSA) is 54.4 Å². The number of hydrogen-bond acceptors (Lipinski definition) is 3. The third kappa shape index (κ3) is 4.30. The van der Waals surface area contributed by atoms with Gasteiger partial charge in [-0.3, -0.25) is 9.59 Å². The lowest BCUT2D eigenvalue weighted by atomic mass is 9.87. The zero-order valence-electron chi connectivity index (χ0n) is 14.8. The fourth-order valence-electron chi connectivity index (χ4n) is 3.34. The van der Waals surface area contributed by atoms with Gasteiger partial charge in [-0.1, -0.05) is 30.2 Å². The molecule has 0 radical (unpaired) electrons. The molecular weight excluding hydrogens is 300 g/mol. The Morgan fingerprint density at radius 3 is 2.38 bits per heavy atom. The van der Waals surface area contributed by atoms with Gasteiger partial charge in [-0.15, -0.1) is 0 Å². The first-order chi connectivity index (χ1) is 11.4. The molecule has 1 N–H and O–H groups in total. The van der Waals surface area contributed by atoms with E-state index < -0.39 is 0 Å². The molecule has 0 saturated carbocycles. The zero-order valence-corrected chi connectivity index (χ0v) is 14.8. The van der Waals surface area contributed by atoms with Crippen LogP contribution in [0.2, 0.25) is 0 Å². The van der Waals surface area contributed by atoms with Crippen molar-refractivity contribution in [2.45, 2.75) is 46.5 Å². The summed E-state index contributed by atoms with van der Waals surface area (Å²) in [6.45, 7) is 6.70. The largest absolute Gasteiger partial charge is 0.396 e. The molecule has 0 heterocycles. The second kappa shape index (κ2) is 8.20. The minimum Gasteiger partial charge on any atom is -0.396 e. The normalized spacial score (nSPS) is 14.5. The van der Waals surface area contributed by atoms with Crippen molar-refractivity contribution in [1.82, 2.24) is 0 Å². The first kappa shape index (κ1) is 18.3. The standard InChI is InChI=1S/C21H26O3/c1-14(2)17(15(3)5-4-12-22)8-6-16-7-9-18-19(13-16)21(24)11-10-20(18)23/h7,9-11,13,15,22H,4-6,8,12H2,1-3H3/t15-/m1/s1. The maximum absolute atomic E-state index is 12.0. The van der Waals surface area contributed by atoms with E-state index >= 15 is 0 Å². The summed E-state index contributed by atoms with van der Waals surface area (Å²) in [5, 5.41) is 9.02. The predicted molar refractivity (Wildman–Crippen MR) is 96.4 cm³/mol. The quantitative estimate of drug-likeness (QED) is 0.760. The Bertz CT molecular complexity index is 691. The maximum Gasteiger partial charge on any atom is 0.186 e. The Morgan fingerprint density at radius 2 is 1.75 bits per heavy atom. The number of benzene rings is 1. The monoisotopic (exact) mass is 326 g/mol. The number of ketones is 2. The van der Waals surface area contributed by atoms with Gasteiger partial charge >= 0.3 is 0 Å². The highest BCUT2D eigenvalue weighted by molar-refractivity contribution is 6.22. The van der Waals surface area contributed by atoms with Crippen LogP contribution in [0.3, 0.4) is 0 Å². The number of hydrogen-bond donors (Lipinski definition) is 1. The van der Waals surface area contributed by atoms with Crippen LogP contribution in [0.5, 0.6) is 0 Å². The Morgan fingerprint density at radius 1 is 1.08 bits per heavy atom. The number of aryl methyl sites for hydroxylation is 1. The van der Waals surface area contributed by atoms with Crippen molar-refractivity contribution in [1.29, 1.82) is 0 Å². The minimum absolute atomic E-state index is 0.0924. The molecule has 0 amide bonds. The van der Waals surface area contributed by atoms with Gasteiger partial charge in [0.2, 0.25) is 0 Å². The van der Waals surface area contributed by atoms with Crippen LogP contribution in [-0.2, 0) is 6.42 Å². The van der Waals surface area contributed by atoms with Gasteiger partial charge in [0.15, 0.2) is 11.6 Å². The molecule has 1 atom stereocenters. The van der Waals surface area contributed by atoms with Crippen LogP contribution in [-0.4, -0.2) is 23.3 Å². The summed E-state index contributed by atoms with van der Waals surface area (Å²) in [6, 6.07) is 5.58. The van der Waals surface area contributed by atoms with Crippen molar-refractivity contribution in [2.75, 3.05) is 6.61 Å². The molecule has 3 heteroatoms. The molecule has 1 aromatic rings. The van der Waals surface area contributed by atoms with Crippen LogP contribution in [0.15, 0.2) is 41.5 Å². The summed E-state index contributed by atoms with van der Waals surface area (Å²) in [7, 11) is 0. The third-order valence-corrected chi connectivity index (χ3v) is 4.72. The minimum atomic E-state index is -0.0984. The number of fused-ring (bicyclic) bond motifs is 1. The Kier molecular flexibility index (Phi) is 6.27. The summed E-state index contributed by atoms with van der Waals surface area (Å²) < 4.78 is 0. The Labute approximate surface area is 144 Å². The molecule has 128 valence electrons. The van der Waals surface area contributed by atoms with Gasteiger partial charge in [0, 0.05) is 17.7 Å². The fourth-order valence-corrected chi connectivity index (χ4v) is 3.34. The number of rotatable bonds is 7. The summed E-state index contributed by atoms with van der Waals surface area (Å²) >= 11 is 0. The maximum atomic E-state index is 12.0. The van der Waals surface area contributed by atoms with Crippen molar-refractivity contribution in [3.8, 4) is 0 Å². The molecule has 0 unspecified atom stereocenters. The molecule has 1 aliphatic carbocycles. The van der Waals surface area contributed by atoms with Gasteiger partial charge in [0.25, 0.3) is 0 Å². The smallest absolute Gasteiger partial charge is 0.186 e. The van der Waals surface area contributed by atoms with Crippen molar-refractivity contribution in [2.24, 2.45) is 5.92 Å². The van der Waals surface area contributed by atoms with Gasteiger partial charge in [-0.05, 0) is 69.2 Å². The number of allylic oxidation sites excluding steroid dienone is 4. The Balaban J connectivity index is 2.12. The van der Waals surface area contributed by atoms with E-state index in [0.717, 1.165) is 31.2 Å². The lowest BCUT2D eigenvalue weighted by Gasteiger charge is -2.18. The van der Waals surface area contributed by atoms with E-state index in [-0.39, 0.29) is 18.2 Å². The van der Waals surface area contributed by atoms with Crippen LogP contribution in [0.1, 0.15) is 66.3 Å². The predicted octanol–water partition coefficient (Wildman–Crippen LogP) is 4.30. The van der Waals surface area contributed by atoms with Gasteiger partial charge in [0.1, 0.15) is 0 Å². The van der Waals surface area contributed by atoms with E-state index in [2.05, 4.69) is 20.8 Å². The molecule has 2 rings (SSSR count). The lowest BCUT2D eigenvalue weighted by Crippen LogP contribution is -2.12. The number of carbonyl (C=O) groups is 2. The van der Waals surface area contributed by atoms with Gasteiger partial charge in [0.05, 0.1) is 0 Å². The second-order valence-electron chi connectivity index (χ2n) is 6.73. The fraction of sp³-hybridized carbons (Fsp3) is 0.429. The first-order valence-electron chi connectivity index (χ1n) is 8.60. The molecule has 0 fully saturated rings. The molecule has 0 aliphatic heterocycles. The average molecular weight is 326 g/mol. The van der Waals surface area contributed by atoms with Crippen molar-refractivity contribution in [3.63, 3.8) is 0 Å². The van der Waals surface area contributed by atoms with Gasteiger partial charge in [-0.25, -0.2) is 0 Å².